The molecule has 7 heteroatoms. The summed E-state index contributed by atoms with van der Waals surface area (Å²) in [4.78, 5) is 27.9. The second kappa shape index (κ2) is 8.71. The summed E-state index contributed by atoms with van der Waals surface area (Å²) in [5.41, 5.74) is 2.59. The minimum atomic E-state index is -0.602. The van der Waals surface area contributed by atoms with Crippen molar-refractivity contribution in [2.24, 2.45) is 0 Å². The third-order valence-corrected chi connectivity index (χ3v) is 5.65. The van der Waals surface area contributed by atoms with Crippen LogP contribution >= 0.6 is 0 Å². The molecule has 3 aromatic rings. The van der Waals surface area contributed by atoms with Gasteiger partial charge in [-0.1, -0.05) is 24.3 Å². The maximum atomic E-state index is 14.1. The molecule has 1 aliphatic rings. The summed E-state index contributed by atoms with van der Waals surface area (Å²) in [7, 11) is 0. The molecule has 0 bridgehead atoms. The van der Waals surface area contributed by atoms with E-state index in [0.717, 1.165) is 24.0 Å². The number of halogens is 1. The quantitative estimate of drug-likeness (QED) is 0.682. The third-order valence-electron chi connectivity index (χ3n) is 5.65. The highest BCUT2D eigenvalue weighted by molar-refractivity contribution is 6.09. The van der Waals surface area contributed by atoms with Crippen molar-refractivity contribution in [1.29, 1.82) is 0 Å². The summed E-state index contributed by atoms with van der Waals surface area (Å²) in [5.74, 6) is -1.33. The molecule has 2 aromatic carbocycles. The van der Waals surface area contributed by atoms with Gasteiger partial charge in [0, 0.05) is 19.3 Å². The lowest BCUT2D eigenvalue weighted by molar-refractivity contribution is 0.0674. The number of amides is 2. The molecule has 6 nitrogen and oxygen atoms in total. The van der Waals surface area contributed by atoms with Crippen molar-refractivity contribution in [3.05, 3.63) is 82.9 Å². The molecule has 0 radical (unpaired) electrons. The standard InChI is InChI=1S/C24H25FN4O2/c1-16-13-26-29(14-16)18-8-6-12-28(15-18)24(31)20-10-5-7-17(2)22(20)27-23(30)19-9-3-4-11-21(19)25/h3-5,7,9-11,13-14,18H,6,8,12,15H2,1-2H3,(H,27,30). The van der Waals surface area contributed by atoms with E-state index >= 15 is 0 Å². The number of rotatable bonds is 4. The van der Waals surface area contributed by atoms with Gasteiger partial charge in [0.1, 0.15) is 5.82 Å². The van der Waals surface area contributed by atoms with Gasteiger partial charge in [0.2, 0.25) is 0 Å². The molecular formula is C24H25FN4O2. The molecule has 0 spiro atoms. The molecule has 0 saturated carbocycles. The molecule has 2 amide bonds. The number of carbonyl (C=O) groups excluding carboxylic acids is 2. The minimum absolute atomic E-state index is 0.0590. The fraction of sp³-hybridized carbons (Fsp3) is 0.292. The van der Waals surface area contributed by atoms with Crippen molar-refractivity contribution in [2.75, 3.05) is 18.4 Å². The smallest absolute Gasteiger partial charge is 0.258 e. The van der Waals surface area contributed by atoms with Gasteiger partial charge in [0.25, 0.3) is 11.8 Å². The lowest BCUT2D eigenvalue weighted by Gasteiger charge is -2.33. The highest BCUT2D eigenvalue weighted by Gasteiger charge is 2.28. The van der Waals surface area contributed by atoms with Gasteiger partial charge in [0.05, 0.1) is 29.1 Å². The van der Waals surface area contributed by atoms with Gasteiger partial charge in [-0.3, -0.25) is 14.3 Å². The molecule has 1 unspecified atom stereocenters. The van der Waals surface area contributed by atoms with Crippen molar-refractivity contribution in [3.63, 3.8) is 0 Å². The summed E-state index contributed by atoms with van der Waals surface area (Å²) in [5, 5.41) is 7.16. The van der Waals surface area contributed by atoms with Crippen LogP contribution in [0.15, 0.2) is 54.9 Å². The monoisotopic (exact) mass is 420 g/mol. The van der Waals surface area contributed by atoms with Gasteiger partial charge in [-0.25, -0.2) is 4.39 Å². The predicted molar refractivity (Wildman–Crippen MR) is 117 cm³/mol. The Morgan fingerprint density at radius 2 is 1.87 bits per heavy atom. The van der Waals surface area contributed by atoms with Crippen LogP contribution in [-0.2, 0) is 0 Å². The Balaban J connectivity index is 1.58. The normalized spacial score (nSPS) is 16.2. The van der Waals surface area contributed by atoms with E-state index in [1.54, 1.807) is 23.1 Å². The van der Waals surface area contributed by atoms with E-state index in [2.05, 4.69) is 10.4 Å². The number of likely N-dealkylation sites (tertiary alicyclic amines) is 1. The number of para-hydroxylation sites is 1. The van der Waals surface area contributed by atoms with Crippen molar-refractivity contribution in [3.8, 4) is 0 Å². The van der Waals surface area contributed by atoms with Crippen LogP contribution in [0.3, 0.4) is 0 Å². The Morgan fingerprint density at radius 3 is 2.61 bits per heavy atom. The molecule has 1 aliphatic heterocycles. The van der Waals surface area contributed by atoms with Crippen LogP contribution in [0.1, 0.15) is 50.7 Å². The zero-order valence-corrected chi connectivity index (χ0v) is 17.6. The van der Waals surface area contributed by atoms with E-state index in [9.17, 15) is 14.0 Å². The number of hydrogen-bond acceptors (Lipinski definition) is 3. The Morgan fingerprint density at radius 1 is 1.10 bits per heavy atom. The molecule has 1 aromatic heterocycles. The zero-order valence-electron chi connectivity index (χ0n) is 17.6. The summed E-state index contributed by atoms with van der Waals surface area (Å²) in [6.07, 6.45) is 5.64. The lowest BCUT2D eigenvalue weighted by Crippen LogP contribution is -2.41. The van der Waals surface area contributed by atoms with Crippen molar-refractivity contribution < 1.29 is 14.0 Å². The van der Waals surface area contributed by atoms with E-state index in [4.69, 9.17) is 0 Å². The molecule has 160 valence electrons. The van der Waals surface area contributed by atoms with E-state index in [1.807, 2.05) is 37.0 Å². The molecular weight excluding hydrogens is 395 g/mol. The Bertz CT molecular complexity index is 1120. The first-order valence-corrected chi connectivity index (χ1v) is 10.4. The van der Waals surface area contributed by atoms with Gasteiger partial charge in [0.15, 0.2) is 0 Å². The fourth-order valence-electron chi connectivity index (χ4n) is 4.00. The van der Waals surface area contributed by atoms with Gasteiger partial charge in [-0.05, 0) is 56.0 Å². The van der Waals surface area contributed by atoms with Gasteiger partial charge >= 0.3 is 0 Å². The highest BCUT2D eigenvalue weighted by Crippen LogP contribution is 2.27. The van der Waals surface area contributed by atoms with Gasteiger partial charge in [-0.15, -0.1) is 0 Å². The zero-order chi connectivity index (χ0) is 22.0. The largest absolute Gasteiger partial charge is 0.336 e. The number of nitrogens with zero attached hydrogens (tertiary/aromatic N) is 3. The molecule has 1 saturated heterocycles. The first-order valence-electron chi connectivity index (χ1n) is 10.4. The highest BCUT2D eigenvalue weighted by atomic mass is 19.1. The number of anilines is 1. The Labute approximate surface area is 180 Å². The van der Waals surface area contributed by atoms with Gasteiger partial charge in [-0.2, -0.15) is 5.10 Å². The van der Waals surface area contributed by atoms with Crippen LogP contribution < -0.4 is 5.32 Å². The Kier molecular flexibility index (Phi) is 5.84. The van der Waals surface area contributed by atoms with Crippen LogP contribution in [0.25, 0.3) is 0 Å². The number of piperidine rings is 1. The first-order chi connectivity index (χ1) is 14.9. The van der Waals surface area contributed by atoms with Crippen molar-refractivity contribution in [1.82, 2.24) is 14.7 Å². The number of benzene rings is 2. The second-order valence-electron chi connectivity index (χ2n) is 7.98. The van der Waals surface area contributed by atoms with Crippen LogP contribution in [0.2, 0.25) is 0 Å². The summed E-state index contributed by atoms with van der Waals surface area (Å²) < 4.78 is 16.0. The second-order valence-corrected chi connectivity index (χ2v) is 7.98. The summed E-state index contributed by atoms with van der Waals surface area (Å²) in [6, 6.07) is 11.2. The predicted octanol–water partition coefficient (Wildman–Crippen LogP) is 4.37. The van der Waals surface area contributed by atoms with E-state index < -0.39 is 11.7 Å². The maximum absolute atomic E-state index is 14.1. The SMILES string of the molecule is Cc1cnn(C2CCCN(C(=O)c3cccc(C)c3NC(=O)c3ccccc3F)C2)c1. The van der Waals surface area contributed by atoms with Crippen LogP contribution in [0.4, 0.5) is 10.1 Å². The molecule has 1 N–H and O–H groups in total. The lowest BCUT2D eigenvalue weighted by atomic mass is 10.0. The van der Waals surface area contributed by atoms with Crippen LogP contribution in [0.5, 0.6) is 0 Å². The van der Waals surface area contributed by atoms with E-state index in [-0.39, 0.29) is 17.5 Å². The maximum Gasteiger partial charge on any atom is 0.258 e. The van der Waals surface area contributed by atoms with Crippen molar-refractivity contribution in [2.45, 2.75) is 32.7 Å². The van der Waals surface area contributed by atoms with Gasteiger partial charge < -0.3 is 10.2 Å². The number of aryl methyl sites for hydroxylation is 2. The van der Waals surface area contributed by atoms with E-state index in [0.29, 0.717) is 24.3 Å². The molecule has 4 rings (SSSR count). The van der Waals surface area contributed by atoms with Crippen molar-refractivity contribution >= 4 is 17.5 Å². The topological polar surface area (TPSA) is 67.2 Å². The average Bonchev–Trinajstić information content (AvgIpc) is 3.21. The molecule has 1 fully saturated rings. The number of nitrogens with one attached hydrogen (secondary N) is 1. The fourth-order valence-corrected chi connectivity index (χ4v) is 4.00. The number of carbonyl (C=O) groups is 2. The number of aromatic nitrogens is 2. The summed E-state index contributed by atoms with van der Waals surface area (Å²) in [6.45, 7) is 5.00. The molecule has 0 aliphatic carbocycles. The summed E-state index contributed by atoms with van der Waals surface area (Å²) >= 11 is 0. The van der Waals surface area contributed by atoms with Crippen LogP contribution in [0, 0.1) is 19.7 Å². The Hall–Kier alpha value is -3.48. The molecule has 2 heterocycles. The average molecular weight is 420 g/mol. The molecule has 1 atom stereocenters. The number of hydrogen-bond donors (Lipinski definition) is 1. The third kappa shape index (κ3) is 4.35. The first kappa shape index (κ1) is 20.8. The minimum Gasteiger partial charge on any atom is -0.336 e. The molecule has 31 heavy (non-hydrogen) atoms. The van der Waals surface area contributed by atoms with Crippen LogP contribution in [-0.4, -0.2) is 39.6 Å². The van der Waals surface area contributed by atoms with E-state index in [1.165, 1.54) is 18.2 Å².